The van der Waals surface area contributed by atoms with E-state index in [1.165, 1.54) is 16.7 Å². The number of nitrogens with zero attached hydrogens (tertiary/aromatic N) is 2. The van der Waals surface area contributed by atoms with E-state index in [1.807, 2.05) is 42.5 Å². The maximum Gasteiger partial charge on any atom is 0.141 e. The third-order valence-electron chi connectivity index (χ3n) is 6.08. The molecule has 0 unspecified atom stereocenters. The number of imidazole rings is 1. The summed E-state index contributed by atoms with van der Waals surface area (Å²) in [6, 6.07) is 32.0. The Hall–Kier alpha value is -4.82. The van der Waals surface area contributed by atoms with Crippen molar-refractivity contribution in [2.45, 2.75) is 20.1 Å². The molecule has 36 heavy (non-hydrogen) atoms. The van der Waals surface area contributed by atoms with Gasteiger partial charge in [-0.1, -0.05) is 60.7 Å². The minimum atomic E-state index is 0.324. The molecule has 5 rings (SSSR count). The highest BCUT2D eigenvalue weighted by Gasteiger charge is 2.12. The van der Waals surface area contributed by atoms with E-state index >= 15 is 0 Å². The van der Waals surface area contributed by atoms with Crippen molar-refractivity contribution in [1.29, 1.82) is 5.26 Å². The van der Waals surface area contributed by atoms with Crippen LogP contribution in [0.2, 0.25) is 0 Å². The SMILES string of the molecule is Cc1c(COc2ccc(-c3ncc[nH]3)c(OCc3cccc(C#N)c3)c2)cccc1-c1ccccc1. The van der Waals surface area contributed by atoms with Crippen molar-refractivity contribution in [3.05, 3.63) is 126 Å². The van der Waals surface area contributed by atoms with Crippen molar-refractivity contribution < 1.29 is 9.47 Å². The normalized spacial score (nSPS) is 10.6. The Labute approximate surface area is 210 Å². The van der Waals surface area contributed by atoms with Crippen LogP contribution in [0.15, 0.2) is 103 Å². The summed E-state index contributed by atoms with van der Waals surface area (Å²) < 4.78 is 12.4. The Morgan fingerprint density at radius 1 is 0.833 bits per heavy atom. The minimum absolute atomic E-state index is 0.324. The van der Waals surface area contributed by atoms with Crippen molar-refractivity contribution in [1.82, 2.24) is 9.97 Å². The van der Waals surface area contributed by atoms with Crippen LogP contribution >= 0.6 is 0 Å². The van der Waals surface area contributed by atoms with Crippen LogP contribution in [0.4, 0.5) is 0 Å². The number of nitriles is 1. The minimum Gasteiger partial charge on any atom is -0.489 e. The standard InChI is InChI=1S/C31H25N3O2/c1-22-26(11-6-12-28(22)25-9-3-2-4-10-25)21-35-27-13-14-29(31-33-15-16-34-31)30(18-27)36-20-24-8-5-7-23(17-24)19-32/h2-18H,20-21H2,1H3,(H,33,34). The molecule has 5 nitrogen and oxygen atoms in total. The maximum atomic E-state index is 9.19. The third kappa shape index (κ3) is 5.13. The van der Waals surface area contributed by atoms with E-state index in [2.05, 4.69) is 65.4 Å². The van der Waals surface area contributed by atoms with Crippen molar-refractivity contribution in [3.63, 3.8) is 0 Å². The molecule has 0 fully saturated rings. The van der Waals surface area contributed by atoms with Crippen molar-refractivity contribution in [3.8, 4) is 40.1 Å². The summed E-state index contributed by atoms with van der Waals surface area (Å²) in [5.74, 6) is 2.07. The first-order chi connectivity index (χ1) is 17.7. The molecule has 5 heteroatoms. The molecule has 0 bridgehead atoms. The number of nitrogens with one attached hydrogen (secondary N) is 1. The fourth-order valence-electron chi connectivity index (χ4n) is 4.14. The van der Waals surface area contributed by atoms with Crippen LogP contribution in [-0.4, -0.2) is 9.97 Å². The van der Waals surface area contributed by atoms with Crippen LogP contribution < -0.4 is 9.47 Å². The van der Waals surface area contributed by atoms with Gasteiger partial charge in [-0.05, 0) is 59.0 Å². The smallest absolute Gasteiger partial charge is 0.141 e. The number of benzene rings is 4. The number of aromatic nitrogens is 2. The fourth-order valence-corrected chi connectivity index (χ4v) is 4.14. The highest BCUT2D eigenvalue weighted by molar-refractivity contribution is 5.68. The van der Waals surface area contributed by atoms with E-state index < -0.39 is 0 Å². The number of H-pyrrole nitrogens is 1. The first-order valence-corrected chi connectivity index (χ1v) is 11.7. The molecule has 0 atom stereocenters. The van der Waals surface area contributed by atoms with Gasteiger partial charge in [0.1, 0.15) is 30.5 Å². The number of hydrogen-bond acceptors (Lipinski definition) is 4. The summed E-state index contributed by atoms with van der Waals surface area (Å²) in [4.78, 5) is 7.53. The van der Waals surface area contributed by atoms with Crippen LogP contribution in [0, 0.1) is 18.3 Å². The molecular weight excluding hydrogens is 446 g/mol. The van der Waals surface area contributed by atoms with Gasteiger partial charge in [-0.15, -0.1) is 0 Å². The zero-order chi connectivity index (χ0) is 24.7. The van der Waals surface area contributed by atoms with E-state index in [4.69, 9.17) is 9.47 Å². The van der Waals surface area contributed by atoms with Gasteiger partial charge in [0.25, 0.3) is 0 Å². The van der Waals surface area contributed by atoms with Gasteiger partial charge in [0.15, 0.2) is 0 Å². The van der Waals surface area contributed by atoms with Gasteiger partial charge in [-0.2, -0.15) is 5.26 Å². The van der Waals surface area contributed by atoms with Crippen molar-refractivity contribution in [2.24, 2.45) is 0 Å². The zero-order valence-corrected chi connectivity index (χ0v) is 19.9. The lowest BCUT2D eigenvalue weighted by Crippen LogP contribution is -2.01. The molecular formula is C31H25N3O2. The lowest BCUT2D eigenvalue weighted by Gasteiger charge is -2.15. The summed E-state index contributed by atoms with van der Waals surface area (Å²) >= 11 is 0. The molecule has 5 aromatic rings. The predicted molar refractivity (Wildman–Crippen MR) is 140 cm³/mol. The van der Waals surface area contributed by atoms with Crippen LogP contribution in [-0.2, 0) is 13.2 Å². The van der Waals surface area contributed by atoms with Crippen LogP contribution in [0.1, 0.15) is 22.3 Å². The second-order valence-corrected chi connectivity index (χ2v) is 8.44. The molecule has 1 N–H and O–H groups in total. The number of hydrogen-bond donors (Lipinski definition) is 1. The third-order valence-corrected chi connectivity index (χ3v) is 6.08. The number of aromatic amines is 1. The Bertz CT molecular complexity index is 1500. The summed E-state index contributed by atoms with van der Waals surface area (Å²) in [6.07, 6.45) is 3.49. The maximum absolute atomic E-state index is 9.19. The van der Waals surface area contributed by atoms with E-state index in [1.54, 1.807) is 18.5 Å². The van der Waals surface area contributed by atoms with Crippen molar-refractivity contribution in [2.75, 3.05) is 0 Å². The van der Waals surface area contributed by atoms with Crippen molar-refractivity contribution >= 4 is 0 Å². The number of ether oxygens (including phenoxy) is 2. The molecule has 4 aromatic carbocycles. The highest BCUT2D eigenvalue weighted by Crippen LogP contribution is 2.33. The molecule has 0 saturated carbocycles. The molecule has 1 heterocycles. The van der Waals surface area contributed by atoms with Gasteiger partial charge in [-0.3, -0.25) is 0 Å². The lowest BCUT2D eigenvalue weighted by molar-refractivity contribution is 0.290. The quantitative estimate of drug-likeness (QED) is 0.262. The van der Waals surface area contributed by atoms with Crippen LogP contribution in [0.3, 0.4) is 0 Å². The highest BCUT2D eigenvalue weighted by atomic mass is 16.5. The van der Waals surface area contributed by atoms with Gasteiger partial charge >= 0.3 is 0 Å². The van der Waals surface area contributed by atoms with E-state index in [0.717, 1.165) is 16.7 Å². The van der Waals surface area contributed by atoms with Crippen LogP contribution in [0.25, 0.3) is 22.5 Å². The molecule has 1 aromatic heterocycles. The Morgan fingerprint density at radius 3 is 2.50 bits per heavy atom. The van der Waals surface area contributed by atoms with E-state index in [-0.39, 0.29) is 0 Å². The molecule has 176 valence electrons. The monoisotopic (exact) mass is 471 g/mol. The van der Waals surface area contributed by atoms with Gasteiger partial charge in [0, 0.05) is 18.5 Å². The Morgan fingerprint density at radius 2 is 1.69 bits per heavy atom. The fraction of sp³-hybridized carbons (Fsp3) is 0.0968. The van der Waals surface area contributed by atoms with Gasteiger partial charge in [0.2, 0.25) is 0 Å². The molecule has 0 aliphatic carbocycles. The summed E-state index contributed by atoms with van der Waals surface area (Å²) in [6.45, 7) is 2.89. The van der Waals surface area contributed by atoms with Gasteiger partial charge in [-0.25, -0.2) is 4.98 Å². The molecule has 0 amide bonds. The van der Waals surface area contributed by atoms with Gasteiger partial charge < -0.3 is 14.5 Å². The lowest BCUT2D eigenvalue weighted by atomic mass is 9.97. The summed E-state index contributed by atoms with van der Waals surface area (Å²) in [5, 5.41) is 9.19. The summed E-state index contributed by atoms with van der Waals surface area (Å²) in [7, 11) is 0. The zero-order valence-electron chi connectivity index (χ0n) is 19.9. The first-order valence-electron chi connectivity index (χ1n) is 11.7. The average molecular weight is 472 g/mol. The predicted octanol–water partition coefficient (Wildman–Crippen LogP) is 7.08. The first kappa shape index (κ1) is 22.9. The molecule has 0 spiro atoms. The van der Waals surface area contributed by atoms with Crippen LogP contribution in [0.5, 0.6) is 11.5 Å². The van der Waals surface area contributed by atoms with E-state index in [0.29, 0.717) is 36.1 Å². The second-order valence-electron chi connectivity index (χ2n) is 8.44. The Balaban J connectivity index is 1.37. The molecule has 0 saturated heterocycles. The summed E-state index contributed by atoms with van der Waals surface area (Å²) in [5.41, 5.74) is 7.08. The second kappa shape index (κ2) is 10.6. The Kier molecular flexibility index (Phi) is 6.77. The number of rotatable bonds is 8. The molecule has 0 aliphatic heterocycles. The van der Waals surface area contributed by atoms with E-state index in [9.17, 15) is 5.26 Å². The average Bonchev–Trinajstić information content (AvgIpc) is 3.47. The topological polar surface area (TPSA) is 70.9 Å². The molecule has 0 radical (unpaired) electrons. The largest absolute Gasteiger partial charge is 0.489 e. The van der Waals surface area contributed by atoms with Gasteiger partial charge in [0.05, 0.1) is 17.2 Å². The molecule has 0 aliphatic rings.